The summed E-state index contributed by atoms with van der Waals surface area (Å²) in [5.74, 6) is 0.241. The second-order valence-corrected chi connectivity index (χ2v) is 7.19. The first-order valence-corrected chi connectivity index (χ1v) is 9.11. The molecule has 0 fully saturated rings. The van der Waals surface area contributed by atoms with Gasteiger partial charge in [-0.2, -0.15) is 18.3 Å². The van der Waals surface area contributed by atoms with Crippen molar-refractivity contribution in [3.05, 3.63) is 74.7 Å². The SMILES string of the molecule is Cc1cc(/C=N\Nc2ccc(C(F)(F)F)cn2)c(C)n1-c1cccc(I)c1. The Kier molecular flexibility index (Phi) is 5.54. The summed E-state index contributed by atoms with van der Waals surface area (Å²) in [4.78, 5) is 3.73. The summed E-state index contributed by atoms with van der Waals surface area (Å²) in [6.45, 7) is 4.00. The standard InChI is InChI=1S/C19H16F3IN4/c1-12-8-14(13(2)27(12)17-5-3-4-16(23)9-17)10-25-26-18-7-6-15(11-24-18)19(20,21)22/h3-11H,1-2H3,(H,24,26)/b25-10-. The Morgan fingerprint density at radius 2 is 1.93 bits per heavy atom. The molecule has 0 saturated carbocycles. The zero-order chi connectivity index (χ0) is 19.6. The quantitative estimate of drug-likeness (QED) is 0.300. The number of halogens is 4. The minimum Gasteiger partial charge on any atom is -0.318 e. The van der Waals surface area contributed by atoms with Crippen molar-refractivity contribution in [2.45, 2.75) is 20.0 Å². The zero-order valence-corrected chi connectivity index (χ0v) is 16.7. The van der Waals surface area contributed by atoms with Crippen LogP contribution < -0.4 is 5.43 Å². The predicted octanol–water partition coefficient (Wildman–Crippen LogP) is 5.56. The van der Waals surface area contributed by atoms with Gasteiger partial charge in [0.05, 0.1) is 11.8 Å². The molecule has 0 aliphatic heterocycles. The third kappa shape index (κ3) is 4.49. The molecule has 3 aromatic rings. The van der Waals surface area contributed by atoms with E-state index in [9.17, 15) is 13.2 Å². The smallest absolute Gasteiger partial charge is 0.318 e. The Bertz CT molecular complexity index is 976. The highest BCUT2D eigenvalue weighted by Crippen LogP contribution is 2.28. The maximum absolute atomic E-state index is 12.5. The number of anilines is 1. The average molecular weight is 484 g/mol. The second-order valence-electron chi connectivity index (χ2n) is 5.94. The zero-order valence-electron chi connectivity index (χ0n) is 14.5. The fraction of sp³-hybridized carbons (Fsp3) is 0.158. The highest BCUT2D eigenvalue weighted by molar-refractivity contribution is 14.1. The summed E-state index contributed by atoms with van der Waals surface area (Å²) in [6, 6.07) is 12.4. The number of benzene rings is 1. The number of nitrogens with one attached hydrogen (secondary N) is 1. The van der Waals surface area contributed by atoms with E-state index in [1.165, 1.54) is 6.07 Å². The van der Waals surface area contributed by atoms with Crippen molar-refractivity contribution in [3.8, 4) is 5.69 Å². The van der Waals surface area contributed by atoms with Crippen LogP contribution in [0.15, 0.2) is 53.8 Å². The Morgan fingerprint density at radius 3 is 2.56 bits per heavy atom. The second kappa shape index (κ2) is 7.71. The highest BCUT2D eigenvalue weighted by atomic mass is 127. The molecule has 0 unspecified atom stereocenters. The minimum atomic E-state index is -4.40. The van der Waals surface area contributed by atoms with Gasteiger partial charge < -0.3 is 4.57 Å². The molecule has 0 atom stereocenters. The first kappa shape index (κ1) is 19.4. The third-order valence-electron chi connectivity index (χ3n) is 4.01. The molecule has 0 spiro atoms. The molecule has 3 rings (SSSR count). The molecule has 1 N–H and O–H groups in total. The lowest BCUT2D eigenvalue weighted by Gasteiger charge is -2.10. The molecule has 2 aromatic heterocycles. The number of rotatable bonds is 4. The Balaban J connectivity index is 1.77. The van der Waals surface area contributed by atoms with E-state index < -0.39 is 11.7 Å². The molecule has 0 amide bonds. The summed E-state index contributed by atoms with van der Waals surface area (Å²) in [5.41, 5.74) is 5.91. The molecule has 0 saturated heterocycles. The van der Waals surface area contributed by atoms with Gasteiger partial charge in [-0.25, -0.2) is 4.98 Å². The van der Waals surface area contributed by atoms with Crippen LogP contribution in [0, 0.1) is 17.4 Å². The van der Waals surface area contributed by atoms with E-state index in [1.54, 1.807) is 6.21 Å². The normalized spacial score (nSPS) is 11.9. The van der Waals surface area contributed by atoms with Crippen LogP contribution in [0.25, 0.3) is 5.69 Å². The summed E-state index contributed by atoms with van der Waals surface area (Å²) in [5, 5.41) is 4.10. The van der Waals surface area contributed by atoms with Gasteiger partial charge in [-0.05, 0) is 72.8 Å². The minimum absolute atomic E-state index is 0.241. The monoisotopic (exact) mass is 484 g/mol. The Labute approximate surface area is 168 Å². The van der Waals surface area contributed by atoms with Gasteiger partial charge in [-0.15, -0.1) is 0 Å². The molecule has 0 bridgehead atoms. The summed E-state index contributed by atoms with van der Waals surface area (Å²) in [6.07, 6.45) is -1.99. The van der Waals surface area contributed by atoms with E-state index in [4.69, 9.17) is 0 Å². The lowest BCUT2D eigenvalue weighted by atomic mass is 10.2. The number of aryl methyl sites for hydroxylation is 1. The molecule has 140 valence electrons. The highest BCUT2D eigenvalue weighted by Gasteiger charge is 2.30. The first-order valence-electron chi connectivity index (χ1n) is 8.03. The number of pyridine rings is 1. The van der Waals surface area contributed by atoms with E-state index in [-0.39, 0.29) is 5.82 Å². The van der Waals surface area contributed by atoms with Crippen LogP contribution >= 0.6 is 22.6 Å². The predicted molar refractivity (Wildman–Crippen MR) is 108 cm³/mol. The number of alkyl halides is 3. The Morgan fingerprint density at radius 1 is 1.15 bits per heavy atom. The molecule has 0 aliphatic carbocycles. The van der Waals surface area contributed by atoms with Crippen LogP contribution in [0.3, 0.4) is 0 Å². The average Bonchev–Trinajstić information content (AvgIpc) is 2.88. The van der Waals surface area contributed by atoms with Gasteiger partial charge in [0, 0.05) is 32.4 Å². The van der Waals surface area contributed by atoms with Crippen molar-refractivity contribution in [2.75, 3.05) is 5.43 Å². The van der Waals surface area contributed by atoms with Crippen molar-refractivity contribution in [2.24, 2.45) is 5.10 Å². The van der Waals surface area contributed by atoms with Gasteiger partial charge in [0.2, 0.25) is 0 Å². The van der Waals surface area contributed by atoms with Crippen molar-refractivity contribution >= 4 is 34.6 Å². The number of hydrazone groups is 1. The van der Waals surface area contributed by atoms with Gasteiger partial charge in [-0.1, -0.05) is 6.07 Å². The number of aromatic nitrogens is 2. The van der Waals surface area contributed by atoms with Crippen molar-refractivity contribution in [3.63, 3.8) is 0 Å². The molecule has 2 heterocycles. The van der Waals surface area contributed by atoms with Crippen LogP contribution in [-0.2, 0) is 6.18 Å². The van der Waals surface area contributed by atoms with Gasteiger partial charge in [0.1, 0.15) is 5.82 Å². The van der Waals surface area contributed by atoms with E-state index in [0.717, 1.165) is 38.5 Å². The summed E-state index contributed by atoms with van der Waals surface area (Å²) >= 11 is 2.27. The van der Waals surface area contributed by atoms with E-state index in [1.807, 2.05) is 38.1 Å². The fourth-order valence-electron chi connectivity index (χ4n) is 2.73. The van der Waals surface area contributed by atoms with Gasteiger partial charge in [0.25, 0.3) is 0 Å². The maximum Gasteiger partial charge on any atom is 0.417 e. The van der Waals surface area contributed by atoms with Gasteiger partial charge in [-0.3, -0.25) is 5.43 Å². The third-order valence-corrected chi connectivity index (χ3v) is 4.68. The number of hydrogen-bond donors (Lipinski definition) is 1. The number of nitrogens with zero attached hydrogens (tertiary/aromatic N) is 3. The molecule has 0 radical (unpaired) electrons. The van der Waals surface area contributed by atoms with Crippen molar-refractivity contribution in [1.82, 2.24) is 9.55 Å². The van der Waals surface area contributed by atoms with Crippen LogP contribution in [0.5, 0.6) is 0 Å². The molecule has 8 heteroatoms. The fourth-order valence-corrected chi connectivity index (χ4v) is 3.25. The van der Waals surface area contributed by atoms with Crippen LogP contribution in [0.4, 0.5) is 19.0 Å². The van der Waals surface area contributed by atoms with E-state index in [0.29, 0.717) is 0 Å². The maximum atomic E-state index is 12.5. The van der Waals surface area contributed by atoms with E-state index >= 15 is 0 Å². The number of hydrogen-bond acceptors (Lipinski definition) is 3. The van der Waals surface area contributed by atoms with Crippen LogP contribution in [-0.4, -0.2) is 15.8 Å². The van der Waals surface area contributed by atoms with Crippen molar-refractivity contribution in [1.29, 1.82) is 0 Å². The van der Waals surface area contributed by atoms with Crippen LogP contribution in [0.1, 0.15) is 22.5 Å². The van der Waals surface area contributed by atoms with Crippen molar-refractivity contribution < 1.29 is 13.2 Å². The van der Waals surface area contributed by atoms with E-state index in [2.05, 4.69) is 48.7 Å². The molecular weight excluding hydrogens is 468 g/mol. The molecule has 0 aliphatic rings. The lowest BCUT2D eigenvalue weighted by molar-refractivity contribution is -0.137. The van der Waals surface area contributed by atoms with Gasteiger partial charge in [0.15, 0.2) is 0 Å². The summed E-state index contributed by atoms with van der Waals surface area (Å²) in [7, 11) is 0. The topological polar surface area (TPSA) is 42.2 Å². The van der Waals surface area contributed by atoms with Crippen LogP contribution in [0.2, 0.25) is 0 Å². The molecule has 27 heavy (non-hydrogen) atoms. The lowest BCUT2D eigenvalue weighted by Crippen LogP contribution is -2.05. The molecular formula is C19H16F3IN4. The molecule has 1 aromatic carbocycles. The largest absolute Gasteiger partial charge is 0.417 e. The van der Waals surface area contributed by atoms with Gasteiger partial charge >= 0.3 is 6.18 Å². The molecule has 4 nitrogen and oxygen atoms in total. The first-order chi connectivity index (χ1) is 12.8. The Hall–Kier alpha value is -2.36. The summed E-state index contributed by atoms with van der Waals surface area (Å²) < 4.78 is 40.9.